The molecule has 0 spiro atoms. The Hall–Kier alpha value is -5.18. The van der Waals surface area contributed by atoms with Crippen LogP contribution in [-0.2, 0) is 11.8 Å². The minimum Gasteiger partial charge on any atom is -0.344 e. The molecule has 2 aliphatic rings. The lowest BCUT2D eigenvalue weighted by Gasteiger charge is -2.21. The first kappa shape index (κ1) is 24.2. The third kappa shape index (κ3) is 4.33. The van der Waals surface area contributed by atoms with E-state index in [1.807, 2.05) is 56.7 Å². The molecular formula is C28H25N9O2. The van der Waals surface area contributed by atoms with Gasteiger partial charge in [-0.1, -0.05) is 30.0 Å². The number of fused-ring (bicyclic) bond motifs is 2. The number of nitrogens with two attached hydrogens (primary N) is 1. The van der Waals surface area contributed by atoms with Gasteiger partial charge in [0, 0.05) is 43.7 Å². The number of carbonyl (C=O) groups excluding carboxylic acids is 1. The average molecular weight is 520 g/mol. The highest BCUT2D eigenvalue weighted by molar-refractivity contribution is 5.96. The van der Waals surface area contributed by atoms with E-state index in [9.17, 15) is 9.59 Å². The van der Waals surface area contributed by atoms with Crippen molar-refractivity contribution in [1.82, 2.24) is 34.5 Å². The molecule has 5 heterocycles. The Labute approximate surface area is 223 Å². The van der Waals surface area contributed by atoms with Crippen LogP contribution in [0.4, 0.5) is 0 Å². The molecule has 0 saturated carbocycles. The van der Waals surface area contributed by atoms with Crippen LogP contribution in [0.25, 0.3) is 11.2 Å². The van der Waals surface area contributed by atoms with Gasteiger partial charge in [-0.3, -0.25) is 23.8 Å². The maximum absolute atomic E-state index is 14.0. The number of aryl methyl sites for hydroxylation is 1. The number of hydrogen-bond acceptors (Lipinski definition) is 7. The van der Waals surface area contributed by atoms with Crippen LogP contribution in [0, 0.1) is 11.8 Å². The van der Waals surface area contributed by atoms with Crippen LogP contribution >= 0.6 is 0 Å². The van der Waals surface area contributed by atoms with Crippen LogP contribution < -0.4 is 22.0 Å². The number of aliphatic imine (C=N–C) groups is 1. The van der Waals surface area contributed by atoms with Crippen molar-refractivity contribution in [1.29, 1.82) is 0 Å². The first-order valence-corrected chi connectivity index (χ1v) is 12.3. The second-order valence-electron chi connectivity index (χ2n) is 9.20. The van der Waals surface area contributed by atoms with Gasteiger partial charge in [-0.15, -0.1) is 0 Å². The Morgan fingerprint density at radius 1 is 1.18 bits per heavy atom. The molecule has 194 valence electrons. The van der Waals surface area contributed by atoms with Crippen LogP contribution in [0.15, 0.2) is 94.6 Å². The molecule has 2 unspecified atom stereocenters. The monoisotopic (exact) mass is 519 g/mol. The fourth-order valence-electron chi connectivity index (χ4n) is 4.70. The second kappa shape index (κ2) is 9.60. The van der Waals surface area contributed by atoms with Gasteiger partial charge in [0.25, 0.3) is 11.5 Å². The van der Waals surface area contributed by atoms with Crippen molar-refractivity contribution < 1.29 is 4.79 Å². The summed E-state index contributed by atoms with van der Waals surface area (Å²) >= 11 is 0. The first-order chi connectivity index (χ1) is 18.9. The zero-order valence-corrected chi connectivity index (χ0v) is 21.2. The molecule has 0 saturated heterocycles. The SMILES string of the molecule is CC(NC(=O)C1=C2N=CC=CN2NC1N)c1cn2ccc(C#Cc3cnn(C)c3)c2c(=O)n1-c1ccccc1. The van der Waals surface area contributed by atoms with Gasteiger partial charge in [-0.05, 0) is 31.2 Å². The fourth-order valence-corrected chi connectivity index (χ4v) is 4.70. The van der Waals surface area contributed by atoms with Crippen molar-refractivity contribution in [3.63, 3.8) is 0 Å². The lowest BCUT2D eigenvalue weighted by Crippen LogP contribution is -2.43. The van der Waals surface area contributed by atoms with Crippen LogP contribution in [0.1, 0.15) is 29.8 Å². The van der Waals surface area contributed by atoms with Crippen molar-refractivity contribution in [2.45, 2.75) is 19.1 Å². The fraction of sp³-hybridized carbons (Fsp3) is 0.143. The molecular weight excluding hydrogens is 494 g/mol. The topological polar surface area (TPSA) is 127 Å². The molecule has 6 rings (SSSR count). The van der Waals surface area contributed by atoms with Crippen molar-refractivity contribution in [3.05, 3.63) is 112 Å². The molecule has 2 aliphatic heterocycles. The van der Waals surface area contributed by atoms with E-state index >= 15 is 0 Å². The third-order valence-corrected chi connectivity index (χ3v) is 6.52. The molecule has 3 aromatic heterocycles. The highest BCUT2D eigenvalue weighted by atomic mass is 16.2. The maximum atomic E-state index is 14.0. The number of para-hydroxylation sites is 1. The molecule has 4 aromatic rings. The van der Waals surface area contributed by atoms with Gasteiger partial charge in [-0.2, -0.15) is 5.10 Å². The van der Waals surface area contributed by atoms with Gasteiger partial charge >= 0.3 is 0 Å². The highest BCUT2D eigenvalue weighted by Gasteiger charge is 2.34. The quantitative estimate of drug-likeness (QED) is 0.349. The molecule has 0 radical (unpaired) electrons. The summed E-state index contributed by atoms with van der Waals surface area (Å²) < 4.78 is 5.02. The predicted molar refractivity (Wildman–Crippen MR) is 146 cm³/mol. The van der Waals surface area contributed by atoms with Gasteiger partial charge < -0.3 is 15.5 Å². The van der Waals surface area contributed by atoms with Gasteiger partial charge in [0.15, 0.2) is 5.82 Å². The normalized spacial score (nSPS) is 16.8. The lowest BCUT2D eigenvalue weighted by atomic mass is 10.1. The number of aromatic nitrogens is 4. The number of hydrazine groups is 1. The van der Waals surface area contributed by atoms with Crippen molar-refractivity contribution >= 4 is 17.6 Å². The van der Waals surface area contributed by atoms with E-state index in [1.54, 1.807) is 55.6 Å². The van der Waals surface area contributed by atoms with Crippen LogP contribution in [-0.4, -0.2) is 42.0 Å². The average Bonchev–Trinajstić information content (AvgIpc) is 3.63. The van der Waals surface area contributed by atoms with Crippen molar-refractivity contribution in [2.24, 2.45) is 17.8 Å². The largest absolute Gasteiger partial charge is 0.344 e. The summed E-state index contributed by atoms with van der Waals surface area (Å²) in [6.07, 6.45) is 11.5. The molecule has 1 aromatic carbocycles. The minimum absolute atomic E-state index is 0.255. The van der Waals surface area contributed by atoms with E-state index in [2.05, 4.69) is 32.7 Å². The molecule has 11 heteroatoms. The standard InChI is InChI=1S/C28H25N9O2/c1-18(32-27(38)23-25(29)33-36-13-6-12-30-26(23)36)22-17-35-14-11-20(10-9-19-15-31-34(2)16-19)24(35)28(39)37(22)21-7-4-3-5-8-21/h3-8,11-18,25,33H,29H2,1-2H3,(H,32,38). The zero-order valence-electron chi connectivity index (χ0n) is 21.2. The zero-order chi connectivity index (χ0) is 27.1. The number of rotatable bonds is 4. The van der Waals surface area contributed by atoms with Gasteiger partial charge in [-0.25, -0.2) is 10.4 Å². The minimum atomic E-state index is -0.726. The Morgan fingerprint density at radius 2 is 2.00 bits per heavy atom. The number of hydrogen-bond donors (Lipinski definition) is 3. The Kier molecular flexibility index (Phi) is 5.95. The maximum Gasteiger partial charge on any atom is 0.280 e. The smallest absolute Gasteiger partial charge is 0.280 e. The van der Waals surface area contributed by atoms with E-state index in [0.717, 1.165) is 5.56 Å². The molecule has 1 amide bonds. The van der Waals surface area contributed by atoms with Gasteiger partial charge in [0.1, 0.15) is 11.7 Å². The van der Waals surface area contributed by atoms with E-state index in [-0.39, 0.29) is 11.5 Å². The second-order valence-corrected chi connectivity index (χ2v) is 9.20. The summed E-state index contributed by atoms with van der Waals surface area (Å²) in [4.78, 5) is 31.7. The summed E-state index contributed by atoms with van der Waals surface area (Å²) in [5, 5.41) is 8.76. The summed E-state index contributed by atoms with van der Waals surface area (Å²) in [6, 6.07) is 10.6. The summed E-state index contributed by atoms with van der Waals surface area (Å²) in [5.74, 6) is 6.24. The summed E-state index contributed by atoms with van der Waals surface area (Å²) in [5.41, 5.74) is 12.3. The predicted octanol–water partition coefficient (Wildman–Crippen LogP) is 1.32. The van der Waals surface area contributed by atoms with E-state index < -0.39 is 12.2 Å². The van der Waals surface area contributed by atoms with Crippen molar-refractivity contribution in [2.75, 3.05) is 0 Å². The first-order valence-electron chi connectivity index (χ1n) is 12.3. The lowest BCUT2D eigenvalue weighted by molar-refractivity contribution is -0.118. The van der Waals surface area contributed by atoms with Crippen LogP contribution in [0.5, 0.6) is 0 Å². The summed E-state index contributed by atoms with van der Waals surface area (Å²) in [7, 11) is 1.82. The number of nitrogens with one attached hydrogen (secondary N) is 2. The molecule has 0 aliphatic carbocycles. The van der Waals surface area contributed by atoms with Crippen LogP contribution in [0.2, 0.25) is 0 Å². The number of nitrogens with zero attached hydrogens (tertiary/aromatic N) is 6. The highest BCUT2D eigenvalue weighted by Crippen LogP contribution is 2.24. The number of carbonyl (C=O) groups is 1. The Balaban J connectivity index is 1.42. The van der Waals surface area contributed by atoms with E-state index in [4.69, 9.17) is 5.73 Å². The number of allylic oxidation sites excluding steroid dienone is 1. The van der Waals surface area contributed by atoms with E-state index in [0.29, 0.717) is 33.9 Å². The van der Waals surface area contributed by atoms with Gasteiger partial charge in [0.05, 0.1) is 34.6 Å². The molecule has 11 nitrogen and oxygen atoms in total. The number of amides is 1. The molecule has 2 atom stereocenters. The third-order valence-electron chi connectivity index (χ3n) is 6.52. The molecule has 0 bridgehead atoms. The molecule has 4 N–H and O–H groups in total. The molecule has 0 fully saturated rings. The van der Waals surface area contributed by atoms with Crippen molar-refractivity contribution in [3.8, 4) is 17.5 Å². The Bertz CT molecular complexity index is 1810. The molecule has 39 heavy (non-hydrogen) atoms. The Morgan fingerprint density at radius 3 is 2.77 bits per heavy atom. The van der Waals surface area contributed by atoms with E-state index in [1.165, 1.54) is 0 Å². The van der Waals surface area contributed by atoms with Gasteiger partial charge in [0.2, 0.25) is 0 Å². The van der Waals surface area contributed by atoms with Crippen LogP contribution in [0.3, 0.4) is 0 Å². The summed E-state index contributed by atoms with van der Waals surface area (Å²) in [6.45, 7) is 1.82. The number of benzene rings is 1.